The van der Waals surface area contributed by atoms with Gasteiger partial charge in [-0.3, -0.25) is 29.0 Å². The zero-order valence-corrected chi connectivity index (χ0v) is 35.0. The highest BCUT2D eigenvalue weighted by Gasteiger charge is 2.92. The van der Waals surface area contributed by atoms with Gasteiger partial charge in [-0.25, -0.2) is 14.4 Å². The molecule has 6 rings (SSSR count). The van der Waals surface area contributed by atoms with Gasteiger partial charge in [-0.05, 0) is 51.8 Å². The normalized spacial score (nSPS) is 36.3. The Morgan fingerprint density at radius 1 is 0.806 bits per heavy atom. The van der Waals surface area contributed by atoms with Crippen LogP contribution >= 0.6 is 0 Å². The molecule has 2 aliphatic carbocycles. The highest BCUT2D eigenvalue weighted by Crippen LogP contribution is 2.70. The highest BCUT2D eigenvalue weighted by molar-refractivity contribution is 5.91. The van der Waals surface area contributed by atoms with Crippen molar-refractivity contribution in [3.05, 3.63) is 53.7 Å². The van der Waals surface area contributed by atoms with E-state index in [1.165, 1.54) is 31.3 Å². The number of aromatic nitrogens is 1. The van der Waals surface area contributed by atoms with Gasteiger partial charge in [0.15, 0.2) is 35.6 Å². The molecule has 2 aromatic rings. The maximum atomic E-state index is 14.4. The predicted octanol–water partition coefficient (Wildman–Crippen LogP) is 0.864. The molecule has 4 aliphatic rings. The molecule has 21 nitrogen and oxygen atoms in total. The summed E-state index contributed by atoms with van der Waals surface area (Å²) in [6, 6.07) is 3.99. The number of hydrogen-bond donors (Lipinski definition) is 2. The lowest BCUT2D eigenvalue weighted by atomic mass is 9.45. The first-order valence-corrected chi connectivity index (χ1v) is 19.5. The minimum absolute atomic E-state index is 0.0776. The highest BCUT2D eigenvalue weighted by atomic mass is 16.7. The number of furan rings is 1. The molecule has 2 saturated carbocycles. The van der Waals surface area contributed by atoms with E-state index in [0.29, 0.717) is 0 Å². The topological polar surface area (TPSA) is 286 Å². The third-order valence-corrected chi connectivity index (χ3v) is 11.9. The van der Waals surface area contributed by atoms with Crippen LogP contribution in [0.15, 0.2) is 41.3 Å². The number of carbonyl (C=O) groups is 8. The molecule has 0 aromatic carbocycles. The standard InChI is InChI=1S/C41H47NO20/c1-19(43)54-18-40-32(58-22(4)46)28(56-20(2)44)27-30(57-21(3)45)41(40)39(8,52)31(29(33(40)59-23(5)47)60-34(48)24-12-15-53-16-24)61-36(50)37(6,51)13-11-26-25(10-9-14-42-26)35(49)55-17-38(27,7)62-41/h9-10,12,14-16,27-33,51-52H,11,13,17-18H2,1-8H3/t27?,28-,29+,30-,31+,32-,33+,37+,38?,39+,40-,41+/m1/s1. The first-order chi connectivity index (χ1) is 28.9. The number of nitrogens with zero attached hydrogens (tertiary/aromatic N) is 1. The van der Waals surface area contributed by atoms with Crippen LogP contribution in [-0.2, 0) is 77.8 Å². The lowest BCUT2D eigenvalue weighted by Crippen LogP contribution is -2.89. The number of fused-ring (bicyclic) bond motifs is 5. The van der Waals surface area contributed by atoms with Crippen molar-refractivity contribution in [1.82, 2.24) is 4.98 Å². The number of cyclic esters (lactones) is 1. The van der Waals surface area contributed by atoms with E-state index in [1.807, 2.05) is 0 Å². The van der Waals surface area contributed by atoms with Gasteiger partial charge in [0.1, 0.15) is 48.3 Å². The van der Waals surface area contributed by atoms with Crippen LogP contribution in [0, 0.1) is 11.3 Å². The monoisotopic (exact) mass is 873 g/mol. The molecule has 21 heteroatoms. The summed E-state index contributed by atoms with van der Waals surface area (Å²) in [6.45, 7) is 6.25. The van der Waals surface area contributed by atoms with Gasteiger partial charge in [0, 0.05) is 40.8 Å². The van der Waals surface area contributed by atoms with Gasteiger partial charge in [-0.2, -0.15) is 0 Å². The van der Waals surface area contributed by atoms with Crippen molar-refractivity contribution < 1.29 is 95.6 Å². The summed E-state index contributed by atoms with van der Waals surface area (Å²) in [5, 5.41) is 25.3. The summed E-state index contributed by atoms with van der Waals surface area (Å²) < 4.78 is 59.6. The van der Waals surface area contributed by atoms with E-state index in [4.69, 9.17) is 47.0 Å². The molecule has 0 radical (unpaired) electrons. The molecular formula is C41H47NO20. The molecule has 2 aliphatic heterocycles. The second-order valence-corrected chi connectivity index (χ2v) is 16.4. The summed E-state index contributed by atoms with van der Waals surface area (Å²) in [5.41, 5.74) is -13.5. The molecule has 12 atom stereocenters. The van der Waals surface area contributed by atoms with Gasteiger partial charge in [0.2, 0.25) is 0 Å². The number of esters is 8. The minimum Gasteiger partial charge on any atom is -0.472 e. The third-order valence-electron chi connectivity index (χ3n) is 11.9. The molecule has 2 unspecified atom stereocenters. The first-order valence-electron chi connectivity index (χ1n) is 19.5. The second kappa shape index (κ2) is 16.4. The number of aryl methyl sites for hydroxylation is 1. The Balaban J connectivity index is 1.79. The van der Waals surface area contributed by atoms with Gasteiger partial charge in [0.05, 0.1) is 29.0 Å². The Labute approximate surface area is 353 Å². The van der Waals surface area contributed by atoms with Crippen molar-refractivity contribution >= 4 is 47.8 Å². The van der Waals surface area contributed by atoms with Crippen LogP contribution in [0.5, 0.6) is 0 Å². The van der Waals surface area contributed by atoms with Gasteiger partial charge < -0.3 is 57.3 Å². The van der Waals surface area contributed by atoms with Crippen molar-refractivity contribution in [3.63, 3.8) is 0 Å². The lowest BCUT2D eigenvalue weighted by molar-refractivity contribution is -0.386. The maximum absolute atomic E-state index is 14.4. The zero-order valence-electron chi connectivity index (χ0n) is 35.0. The van der Waals surface area contributed by atoms with Gasteiger partial charge in [-0.15, -0.1) is 0 Å². The van der Waals surface area contributed by atoms with E-state index >= 15 is 0 Å². The predicted molar refractivity (Wildman–Crippen MR) is 199 cm³/mol. The third kappa shape index (κ3) is 7.54. The molecule has 3 fully saturated rings. The Hall–Kier alpha value is -5.93. The van der Waals surface area contributed by atoms with Crippen LogP contribution in [0.1, 0.15) is 88.2 Å². The maximum Gasteiger partial charge on any atom is 0.341 e. The summed E-state index contributed by atoms with van der Waals surface area (Å²) >= 11 is 0. The van der Waals surface area contributed by atoms with Gasteiger partial charge in [-0.1, -0.05) is 0 Å². The Morgan fingerprint density at radius 3 is 2.00 bits per heavy atom. The number of carbonyl (C=O) groups excluding carboxylic acids is 8. The van der Waals surface area contributed by atoms with Crippen LogP contribution in [0.4, 0.5) is 0 Å². The Bertz CT molecular complexity index is 2150. The average molecular weight is 874 g/mol. The second-order valence-electron chi connectivity index (χ2n) is 16.4. The van der Waals surface area contributed by atoms with Crippen molar-refractivity contribution in [1.29, 1.82) is 0 Å². The molecule has 1 saturated heterocycles. The molecule has 336 valence electrons. The Kier molecular flexibility index (Phi) is 12.1. The quantitative estimate of drug-likeness (QED) is 0.275. The fourth-order valence-corrected chi connectivity index (χ4v) is 9.53. The summed E-state index contributed by atoms with van der Waals surface area (Å²) in [6.07, 6.45) is -10.1. The number of rotatable bonds is 8. The van der Waals surface area contributed by atoms with Crippen molar-refractivity contribution in [2.45, 2.75) is 127 Å². The Morgan fingerprint density at radius 2 is 1.42 bits per heavy atom. The summed E-state index contributed by atoms with van der Waals surface area (Å²) in [7, 11) is 0. The fourth-order valence-electron chi connectivity index (χ4n) is 9.53. The van der Waals surface area contributed by atoms with Crippen molar-refractivity contribution in [2.24, 2.45) is 11.3 Å². The van der Waals surface area contributed by atoms with Crippen LogP contribution in [0.25, 0.3) is 0 Å². The van der Waals surface area contributed by atoms with E-state index in [1.54, 1.807) is 0 Å². The molecular weight excluding hydrogens is 826 g/mol. The smallest absolute Gasteiger partial charge is 0.341 e. The number of ether oxygens (including phenoxy) is 9. The van der Waals surface area contributed by atoms with Gasteiger partial charge >= 0.3 is 47.8 Å². The number of pyridine rings is 1. The average Bonchev–Trinajstić information content (AvgIpc) is 3.79. The van der Waals surface area contributed by atoms with E-state index < -0.39 is 138 Å². The molecule has 4 heterocycles. The number of hydrogen-bond acceptors (Lipinski definition) is 21. The fraction of sp³-hybridized carbons (Fsp3) is 0.585. The molecule has 1 spiro atoms. The zero-order chi connectivity index (χ0) is 45.7. The minimum atomic E-state index is -3.00. The number of aliphatic hydroxyl groups is 2. The molecule has 0 amide bonds. The van der Waals surface area contributed by atoms with Crippen LogP contribution in [0.2, 0.25) is 0 Å². The van der Waals surface area contributed by atoms with Gasteiger partial charge in [0.25, 0.3) is 0 Å². The molecule has 2 N–H and O–H groups in total. The molecule has 2 aromatic heterocycles. The van der Waals surface area contributed by atoms with E-state index in [2.05, 4.69) is 4.98 Å². The lowest BCUT2D eigenvalue weighted by Gasteiger charge is -2.67. The molecule has 4 bridgehead atoms. The van der Waals surface area contributed by atoms with E-state index in [9.17, 15) is 48.6 Å². The summed E-state index contributed by atoms with van der Waals surface area (Å²) in [4.78, 5) is 113. The molecule has 62 heavy (non-hydrogen) atoms. The van der Waals surface area contributed by atoms with Crippen LogP contribution < -0.4 is 0 Å². The van der Waals surface area contributed by atoms with Crippen LogP contribution in [-0.4, -0.2) is 135 Å². The van der Waals surface area contributed by atoms with E-state index in [0.717, 1.165) is 61.0 Å². The largest absolute Gasteiger partial charge is 0.472 e. The van der Waals surface area contributed by atoms with Crippen LogP contribution in [0.3, 0.4) is 0 Å². The first kappa shape index (κ1) is 45.6. The van der Waals surface area contributed by atoms with Crippen molar-refractivity contribution in [3.8, 4) is 0 Å². The van der Waals surface area contributed by atoms with Crippen molar-refractivity contribution in [2.75, 3.05) is 13.2 Å². The summed E-state index contributed by atoms with van der Waals surface area (Å²) in [5.74, 6) is -10.7. The van der Waals surface area contributed by atoms with E-state index in [-0.39, 0.29) is 23.2 Å². The SMILES string of the molecule is CC(=O)OC[C@]12[C@H](OC(C)=O)[C@H](OC(C)=O)C3[C@@H](OC(C)=O)[C@@]14OC3(C)COC(=O)c1cccnc1CC[C@](C)(O)C(=O)O[C@@H]([C@H](OC(=O)c1ccoc1)[C@@H]2OC(C)=O)[C@]4(C)O.